The molecular weight excluding hydrogens is 472 g/mol. The van der Waals surface area contributed by atoms with Gasteiger partial charge in [0, 0.05) is 35.4 Å². The highest BCUT2D eigenvalue weighted by molar-refractivity contribution is 6.30. The summed E-state index contributed by atoms with van der Waals surface area (Å²) >= 11 is 6.03. The van der Waals surface area contributed by atoms with Gasteiger partial charge in [-0.1, -0.05) is 54.1 Å². The van der Waals surface area contributed by atoms with E-state index in [1.54, 1.807) is 6.07 Å². The molecule has 2 aliphatic rings. The van der Waals surface area contributed by atoms with Gasteiger partial charge < -0.3 is 16.0 Å². The number of rotatable bonds is 8. The zero-order valence-electron chi connectivity index (χ0n) is 20.1. The molecule has 0 aliphatic carbocycles. The van der Waals surface area contributed by atoms with Gasteiger partial charge in [-0.15, -0.1) is 0 Å². The van der Waals surface area contributed by atoms with E-state index >= 15 is 0 Å². The van der Waals surface area contributed by atoms with E-state index in [0.717, 1.165) is 42.9 Å². The number of nitrogens with zero attached hydrogens (tertiary/aromatic N) is 1. The molecule has 0 aromatic heterocycles. The lowest BCUT2D eigenvalue weighted by molar-refractivity contribution is -0.121. The zero-order valence-corrected chi connectivity index (χ0v) is 20.9. The number of carbonyl (C=O) groups is 2. The fourth-order valence-corrected chi connectivity index (χ4v) is 5.58. The minimum Gasteiger partial charge on any atom is -0.355 e. The summed E-state index contributed by atoms with van der Waals surface area (Å²) in [6.07, 6.45) is 4.19. The molecule has 0 spiro atoms. The molecule has 36 heavy (non-hydrogen) atoms. The standard InChI is InChI=1S/C29H31ClN4O2/c30-21-12-10-20(11-13-21)19-34-24-14-15-25(34)17-23(16-24)33-28(35)18-31-29(36)26-8-4-5-9-27(26)32-22-6-2-1-3-7-22/h1-13,23-25,32H,14-19H2,(H,31,36)(H,33,35)/t23?,24-,25+. The Labute approximate surface area is 217 Å². The van der Waals surface area contributed by atoms with Crippen LogP contribution in [-0.4, -0.2) is 41.4 Å². The largest absolute Gasteiger partial charge is 0.355 e. The average molecular weight is 503 g/mol. The summed E-state index contributed by atoms with van der Waals surface area (Å²) in [5, 5.41) is 9.98. The number of piperidine rings is 1. The number of hydrogen-bond acceptors (Lipinski definition) is 4. The van der Waals surface area contributed by atoms with Gasteiger partial charge in [0.2, 0.25) is 5.91 Å². The van der Waals surface area contributed by atoms with Crippen LogP contribution in [-0.2, 0) is 11.3 Å². The molecule has 6 nitrogen and oxygen atoms in total. The van der Waals surface area contributed by atoms with Gasteiger partial charge >= 0.3 is 0 Å². The predicted octanol–water partition coefficient (Wildman–Crippen LogP) is 5.13. The van der Waals surface area contributed by atoms with E-state index in [0.29, 0.717) is 23.3 Å². The number of nitrogens with one attached hydrogen (secondary N) is 3. The summed E-state index contributed by atoms with van der Waals surface area (Å²) in [6, 6.07) is 26.1. The maximum Gasteiger partial charge on any atom is 0.253 e. The van der Waals surface area contributed by atoms with Crippen molar-refractivity contribution in [3.8, 4) is 0 Å². The normalized spacial score (nSPS) is 21.1. The minimum atomic E-state index is -0.276. The van der Waals surface area contributed by atoms with Crippen LogP contribution < -0.4 is 16.0 Å². The van der Waals surface area contributed by atoms with Crippen molar-refractivity contribution in [1.82, 2.24) is 15.5 Å². The first-order valence-electron chi connectivity index (χ1n) is 12.5. The second kappa shape index (κ2) is 11.1. The molecule has 3 atom stereocenters. The number of anilines is 2. The number of amides is 2. The average Bonchev–Trinajstić information content (AvgIpc) is 3.11. The molecule has 0 saturated carbocycles. The van der Waals surface area contributed by atoms with Crippen molar-refractivity contribution in [2.45, 2.75) is 50.4 Å². The summed E-state index contributed by atoms with van der Waals surface area (Å²) in [5.41, 5.74) is 3.37. The van der Waals surface area contributed by atoms with Crippen LogP contribution in [0.1, 0.15) is 41.6 Å². The molecular formula is C29H31ClN4O2. The Morgan fingerprint density at radius 1 is 0.861 bits per heavy atom. The maximum absolute atomic E-state index is 12.9. The Morgan fingerprint density at radius 2 is 1.53 bits per heavy atom. The Bertz CT molecular complexity index is 1190. The number of hydrogen-bond donors (Lipinski definition) is 3. The molecule has 186 valence electrons. The summed E-state index contributed by atoms with van der Waals surface area (Å²) in [6.45, 7) is 0.873. The maximum atomic E-state index is 12.9. The van der Waals surface area contributed by atoms with E-state index in [1.165, 1.54) is 5.56 Å². The van der Waals surface area contributed by atoms with Gasteiger partial charge in [-0.05, 0) is 67.6 Å². The molecule has 3 aromatic rings. The fourth-order valence-electron chi connectivity index (χ4n) is 5.45. The van der Waals surface area contributed by atoms with Crippen LogP contribution in [0.5, 0.6) is 0 Å². The molecule has 2 saturated heterocycles. The van der Waals surface area contributed by atoms with Crippen LogP contribution in [0.4, 0.5) is 11.4 Å². The Balaban J connectivity index is 1.12. The van der Waals surface area contributed by atoms with E-state index in [1.807, 2.05) is 60.7 Å². The van der Waals surface area contributed by atoms with Gasteiger partial charge in [0.05, 0.1) is 17.8 Å². The van der Waals surface area contributed by atoms with E-state index in [4.69, 9.17) is 11.6 Å². The van der Waals surface area contributed by atoms with Crippen LogP contribution >= 0.6 is 11.6 Å². The highest BCUT2D eigenvalue weighted by Gasteiger charge is 2.40. The van der Waals surface area contributed by atoms with E-state index < -0.39 is 0 Å². The summed E-state index contributed by atoms with van der Waals surface area (Å²) in [5.74, 6) is -0.422. The van der Waals surface area contributed by atoms with Crippen LogP contribution in [0.25, 0.3) is 0 Å². The van der Waals surface area contributed by atoms with Crippen molar-refractivity contribution in [3.63, 3.8) is 0 Å². The third-order valence-corrected chi connectivity index (χ3v) is 7.41. The van der Waals surface area contributed by atoms with E-state index in [9.17, 15) is 9.59 Å². The van der Waals surface area contributed by atoms with Gasteiger partial charge in [-0.2, -0.15) is 0 Å². The Kier molecular flexibility index (Phi) is 7.54. The first-order valence-corrected chi connectivity index (χ1v) is 12.9. The number of benzene rings is 3. The lowest BCUT2D eigenvalue weighted by atomic mass is 9.96. The van der Waals surface area contributed by atoms with Crippen molar-refractivity contribution < 1.29 is 9.59 Å². The van der Waals surface area contributed by atoms with Gasteiger partial charge in [-0.25, -0.2) is 0 Å². The molecule has 7 heteroatoms. The highest BCUT2D eigenvalue weighted by Crippen LogP contribution is 2.37. The monoisotopic (exact) mass is 502 g/mol. The predicted molar refractivity (Wildman–Crippen MR) is 143 cm³/mol. The number of carbonyl (C=O) groups excluding carboxylic acids is 2. The molecule has 0 radical (unpaired) electrons. The molecule has 3 N–H and O–H groups in total. The molecule has 5 rings (SSSR count). The van der Waals surface area contributed by atoms with Crippen molar-refractivity contribution >= 4 is 34.8 Å². The second-order valence-electron chi connectivity index (χ2n) is 9.64. The molecule has 3 aromatic carbocycles. The molecule has 2 bridgehead atoms. The summed E-state index contributed by atoms with van der Waals surface area (Å²) < 4.78 is 0. The molecule has 2 aliphatic heterocycles. The van der Waals surface area contributed by atoms with Crippen LogP contribution in [0.2, 0.25) is 5.02 Å². The molecule has 2 heterocycles. The molecule has 2 fully saturated rings. The van der Waals surface area contributed by atoms with Crippen molar-refractivity contribution in [3.05, 3.63) is 95.0 Å². The first-order chi connectivity index (χ1) is 17.5. The molecule has 1 unspecified atom stereocenters. The third-order valence-electron chi connectivity index (χ3n) is 7.16. The highest BCUT2D eigenvalue weighted by atomic mass is 35.5. The van der Waals surface area contributed by atoms with Crippen molar-refractivity contribution in [1.29, 1.82) is 0 Å². The second-order valence-corrected chi connectivity index (χ2v) is 10.1. The smallest absolute Gasteiger partial charge is 0.253 e. The van der Waals surface area contributed by atoms with E-state index in [2.05, 4.69) is 33.0 Å². The Hall–Kier alpha value is -3.35. The quantitative estimate of drug-likeness (QED) is 0.399. The number of para-hydroxylation sites is 2. The van der Waals surface area contributed by atoms with E-state index in [-0.39, 0.29) is 24.4 Å². The first kappa shape index (κ1) is 24.3. The Morgan fingerprint density at radius 3 is 2.25 bits per heavy atom. The lowest BCUT2D eigenvalue weighted by Crippen LogP contribution is -2.51. The van der Waals surface area contributed by atoms with Gasteiger partial charge in [-0.3, -0.25) is 14.5 Å². The van der Waals surface area contributed by atoms with Gasteiger partial charge in [0.15, 0.2) is 0 Å². The van der Waals surface area contributed by atoms with Gasteiger partial charge in [0.25, 0.3) is 5.91 Å². The van der Waals surface area contributed by atoms with Crippen molar-refractivity contribution in [2.24, 2.45) is 0 Å². The fraction of sp³-hybridized carbons (Fsp3) is 0.310. The number of halogens is 1. The molecule has 2 amide bonds. The van der Waals surface area contributed by atoms with Crippen LogP contribution in [0.15, 0.2) is 78.9 Å². The number of fused-ring (bicyclic) bond motifs is 2. The zero-order chi connectivity index (χ0) is 24.9. The van der Waals surface area contributed by atoms with Gasteiger partial charge in [0.1, 0.15) is 0 Å². The summed E-state index contributed by atoms with van der Waals surface area (Å²) in [7, 11) is 0. The third kappa shape index (κ3) is 5.89. The SMILES string of the molecule is O=C(CNC(=O)c1ccccc1Nc1ccccc1)NC1C[C@H]2CC[C@@H](C1)N2Cc1ccc(Cl)cc1. The lowest BCUT2D eigenvalue weighted by Gasteiger charge is -2.39. The summed E-state index contributed by atoms with van der Waals surface area (Å²) in [4.78, 5) is 28.1. The van der Waals surface area contributed by atoms with Crippen LogP contribution in [0, 0.1) is 0 Å². The minimum absolute atomic E-state index is 0.0428. The topological polar surface area (TPSA) is 73.5 Å². The van der Waals surface area contributed by atoms with Crippen molar-refractivity contribution in [2.75, 3.05) is 11.9 Å². The van der Waals surface area contributed by atoms with Crippen LogP contribution in [0.3, 0.4) is 0 Å².